The topological polar surface area (TPSA) is 110 Å². The first kappa shape index (κ1) is 22.2. The largest absolute Gasteiger partial charge is 0.478 e. The molecule has 0 saturated carbocycles. The molecule has 0 unspecified atom stereocenters. The first-order chi connectivity index (χ1) is 10.1. The summed E-state index contributed by atoms with van der Waals surface area (Å²) in [6, 6.07) is 0.295. The van der Waals surface area contributed by atoms with Crippen LogP contribution in [0.2, 0.25) is 0 Å². The van der Waals surface area contributed by atoms with Crippen molar-refractivity contribution in [3.63, 3.8) is 0 Å². The van der Waals surface area contributed by atoms with Gasteiger partial charge in [0.15, 0.2) is 0 Å². The van der Waals surface area contributed by atoms with Crippen molar-refractivity contribution in [3.05, 3.63) is 12.2 Å². The lowest BCUT2D eigenvalue weighted by Gasteiger charge is -2.25. The maximum Gasteiger partial charge on any atom is 0.328 e. The molecule has 0 radical (unpaired) electrons. The fourth-order valence-corrected chi connectivity index (χ4v) is 1.37. The summed E-state index contributed by atoms with van der Waals surface area (Å²) >= 11 is 0. The van der Waals surface area contributed by atoms with Crippen molar-refractivity contribution in [3.8, 4) is 0 Å². The van der Waals surface area contributed by atoms with Crippen molar-refractivity contribution in [2.75, 3.05) is 33.7 Å². The number of hydrogen-bond acceptors (Lipinski definition) is 4. The zero-order valence-electron chi connectivity index (χ0n) is 13.9. The molecule has 0 spiro atoms. The van der Waals surface area contributed by atoms with Crippen LogP contribution in [0.5, 0.6) is 0 Å². The summed E-state index contributed by atoms with van der Waals surface area (Å²) in [5, 5.41) is 18.5. The van der Waals surface area contributed by atoms with Gasteiger partial charge in [-0.05, 0) is 34.9 Å². The van der Waals surface area contributed by atoms with Gasteiger partial charge < -0.3 is 25.3 Å². The van der Waals surface area contributed by atoms with Gasteiger partial charge in [0.05, 0.1) is 0 Å². The Balaban J connectivity index is 0. The lowest BCUT2D eigenvalue weighted by molar-refractivity contribution is -0.134. The van der Waals surface area contributed by atoms with E-state index in [-0.39, 0.29) is 12.1 Å². The van der Waals surface area contributed by atoms with E-state index in [4.69, 9.17) is 10.2 Å². The van der Waals surface area contributed by atoms with Crippen molar-refractivity contribution in [2.24, 2.45) is 0 Å². The van der Waals surface area contributed by atoms with Gasteiger partial charge in [0.1, 0.15) is 0 Å². The summed E-state index contributed by atoms with van der Waals surface area (Å²) in [7, 11) is 3.98. The predicted octanol–water partition coefficient (Wildman–Crippen LogP) is 0.700. The molecule has 0 rings (SSSR count). The first-order valence-electron chi connectivity index (χ1n) is 6.94. The van der Waals surface area contributed by atoms with Gasteiger partial charge in [-0.2, -0.15) is 0 Å². The van der Waals surface area contributed by atoms with Crippen molar-refractivity contribution in [2.45, 2.75) is 26.8 Å². The molecule has 3 N–H and O–H groups in total. The van der Waals surface area contributed by atoms with Gasteiger partial charge in [-0.1, -0.05) is 0 Å². The van der Waals surface area contributed by atoms with Crippen LogP contribution in [-0.2, 0) is 9.59 Å². The number of carbonyl (C=O) groups excluding carboxylic acids is 1. The van der Waals surface area contributed by atoms with E-state index in [0.717, 1.165) is 13.1 Å². The maximum atomic E-state index is 11.6. The summed E-state index contributed by atoms with van der Waals surface area (Å²) in [5.74, 6) is -2.51. The van der Waals surface area contributed by atoms with E-state index < -0.39 is 11.9 Å². The number of aliphatic carboxylic acids is 2. The molecular formula is C14H27N3O5. The van der Waals surface area contributed by atoms with Crippen LogP contribution in [0.3, 0.4) is 0 Å². The fourth-order valence-electron chi connectivity index (χ4n) is 1.37. The van der Waals surface area contributed by atoms with Crippen LogP contribution in [-0.4, -0.2) is 77.8 Å². The summed E-state index contributed by atoms with van der Waals surface area (Å²) in [4.78, 5) is 34.6. The highest BCUT2D eigenvalue weighted by atomic mass is 16.4. The summed E-state index contributed by atoms with van der Waals surface area (Å²) in [5.41, 5.74) is 0. The third kappa shape index (κ3) is 14.3. The molecule has 0 saturated heterocycles. The summed E-state index contributed by atoms with van der Waals surface area (Å²) < 4.78 is 0. The number of likely N-dealkylation sites (N-methyl/N-ethyl adjacent to an activating group) is 1. The molecule has 0 fully saturated rings. The number of urea groups is 1. The van der Waals surface area contributed by atoms with Crippen LogP contribution in [0, 0.1) is 0 Å². The number of carboxylic acid groups (broad SMARTS) is 2. The van der Waals surface area contributed by atoms with Gasteiger partial charge in [-0.25, -0.2) is 14.4 Å². The molecule has 0 heterocycles. The number of rotatable bonds is 7. The Morgan fingerprint density at radius 2 is 1.55 bits per heavy atom. The Kier molecular flexibility index (Phi) is 12.7. The molecule has 0 aliphatic rings. The predicted molar refractivity (Wildman–Crippen MR) is 83.9 cm³/mol. The van der Waals surface area contributed by atoms with Gasteiger partial charge in [0, 0.05) is 37.8 Å². The minimum Gasteiger partial charge on any atom is -0.478 e. The SMILES string of the molecule is CCN(C(=O)NCCN(C)C)C(C)C.O=C(O)C=CC(=O)O. The molecule has 0 aliphatic carbocycles. The maximum absolute atomic E-state index is 11.6. The third-order valence-corrected chi connectivity index (χ3v) is 2.43. The number of carbonyl (C=O) groups is 3. The van der Waals surface area contributed by atoms with Gasteiger partial charge in [0.2, 0.25) is 0 Å². The molecule has 0 aromatic rings. The van der Waals surface area contributed by atoms with E-state index in [2.05, 4.69) is 5.32 Å². The molecule has 2 amide bonds. The smallest absolute Gasteiger partial charge is 0.328 e. The first-order valence-corrected chi connectivity index (χ1v) is 6.94. The van der Waals surface area contributed by atoms with Crippen LogP contribution < -0.4 is 5.32 Å². The normalized spacial score (nSPS) is 10.3. The average molecular weight is 317 g/mol. The van der Waals surface area contributed by atoms with Crippen LogP contribution in [0.1, 0.15) is 20.8 Å². The monoisotopic (exact) mass is 317 g/mol. The van der Waals surface area contributed by atoms with E-state index in [1.165, 1.54) is 0 Å². The molecule has 8 heteroatoms. The van der Waals surface area contributed by atoms with Crippen LogP contribution in [0.4, 0.5) is 4.79 Å². The zero-order valence-corrected chi connectivity index (χ0v) is 13.9. The van der Waals surface area contributed by atoms with E-state index in [9.17, 15) is 14.4 Å². The molecule has 0 bridgehead atoms. The highest BCUT2D eigenvalue weighted by Crippen LogP contribution is 1.97. The number of amides is 2. The average Bonchev–Trinajstić information content (AvgIpc) is 2.37. The van der Waals surface area contributed by atoms with Gasteiger partial charge in [0.25, 0.3) is 0 Å². The number of nitrogens with zero attached hydrogens (tertiary/aromatic N) is 2. The quantitative estimate of drug-likeness (QED) is 0.596. The molecule has 0 aromatic carbocycles. The van der Waals surface area contributed by atoms with Crippen LogP contribution in [0.15, 0.2) is 12.2 Å². The van der Waals surface area contributed by atoms with E-state index >= 15 is 0 Å². The minimum atomic E-state index is -1.26. The number of nitrogens with one attached hydrogen (secondary N) is 1. The standard InChI is InChI=1S/C10H23N3O.C4H4O4/c1-6-13(9(2)3)10(14)11-7-8-12(4)5;5-3(6)1-2-4(7)8/h9H,6-8H2,1-5H3,(H,11,14);1-2H,(H,5,6)(H,7,8). The van der Waals surface area contributed by atoms with Crippen molar-refractivity contribution < 1.29 is 24.6 Å². The fraction of sp³-hybridized carbons (Fsp3) is 0.643. The van der Waals surface area contributed by atoms with E-state index in [0.29, 0.717) is 18.7 Å². The Bertz CT molecular complexity index is 365. The van der Waals surface area contributed by atoms with Crippen molar-refractivity contribution in [1.29, 1.82) is 0 Å². The molecule has 0 aromatic heterocycles. The third-order valence-electron chi connectivity index (χ3n) is 2.43. The Hall–Kier alpha value is -2.09. The second-order valence-electron chi connectivity index (χ2n) is 4.92. The van der Waals surface area contributed by atoms with Gasteiger partial charge in [-0.3, -0.25) is 0 Å². The van der Waals surface area contributed by atoms with E-state index in [1.807, 2.05) is 44.7 Å². The molecular weight excluding hydrogens is 290 g/mol. The highest BCUT2D eigenvalue weighted by Gasteiger charge is 2.13. The lowest BCUT2D eigenvalue weighted by atomic mass is 10.3. The highest BCUT2D eigenvalue weighted by molar-refractivity contribution is 5.89. The van der Waals surface area contributed by atoms with Crippen LogP contribution >= 0.6 is 0 Å². The molecule has 22 heavy (non-hydrogen) atoms. The van der Waals surface area contributed by atoms with Gasteiger partial charge in [-0.15, -0.1) is 0 Å². The molecule has 8 nitrogen and oxygen atoms in total. The molecule has 128 valence electrons. The van der Waals surface area contributed by atoms with Crippen LogP contribution in [0.25, 0.3) is 0 Å². The number of carboxylic acids is 2. The minimum absolute atomic E-state index is 0.0318. The van der Waals surface area contributed by atoms with Gasteiger partial charge >= 0.3 is 18.0 Å². The Morgan fingerprint density at radius 3 is 1.82 bits per heavy atom. The number of hydrogen-bond donors (Lipinski definition) is 3. The lowest BCUT2D eigenvalue weighted by Crippen LogP contribution is -2.45. The summed E-state index contributed by atoms with van der Waals surface area (Å²) in [6.07, 6.45) is 1.12. The van der Waals surface area contributed by atoms with Crippen molar-refractivity contribution >= 4 is 18.0 Å². The second kappa shape index (κ2) is 12.6. The van der Waals surface area contributed by atoms with E-state index in [1.54, 1.807) is 0 Å². The Labute approximate surface area is 131 Å². The molecule has 0 aliphatic heterocycles. The Morgan fingerprint density at radius 1 is 1.09 bits per heavy atom. The summed E-state index contributed by atoms with van der Waals surface area (Å²) in [6.45, 7) is 8.37. The second-order valence-corrected chi connectivity index (χ2v) is 4.92. The van der Waals surface area contributed by atoms with Crippen molar-refractivity contribution in [1.82, 2.24) is 15.1 Å². The zero-order chi connectivity index (χ0) is 17.7. The molecule has 0 atom stereocenters.